The number of nitrogens with two attached hydrogens (primary N) is 2. The molecule has 0 bridgehead atoms. The van der Waals surface area contributed by atoms with E-state index in [1.807, 2.05) is 4.90 Å². The molecule has 1 fully saturated rings. The van der Waals surface area contributed by atoms with Gasteiger partial charge in [-0.25, -0.2) is 22.0 Å². The van der Waals surface area contributed by atoms with Gasteiger partial charge in [0.1, 0.15) is 6.29 Å². The number of aliphatic hydroxyl groups excluding tert-OH is 1. The van der Waals surface area contributed by atoms with Crippen LogP contribution in [0, 0.1) is 6.92 Å². The molecule has 0 aromatic heterocycles. The Kier molecular flexibility index (Phi) is 7.80. The first-order chi connectivity index (χ1) is 15.6. The number of anilines is 1. The van der Waals surface area contributed by atoms with Gasteiger partial charge in [0.2, 0.25) is 10.0 Å². The van der Waals surface area contributed by atoms with Gasteiger partial charge in [0.05, 0.1) is 22.2 Å². The predicted molar refractivity (Wildman–Crippen MR) is 128 cm³/mol. The number of rotatable bonds is 10. The molecule has 5 N–H and O–H groups in total. The number of aryl methyl sites for hydroxylation is 1. The van der Waals surface area contributed by atoms with E-state index in [1.165, 1.54) is 12.1 Å². The maximum atomic E-state index is 13.1. The van der Waals surface area contributed by atoms with Crippen molar-refractivity contribution in [1.82, 2.24) is 0 Å². The molecule has 0 unspecified atom stereocenters. The van der Waals surface area contributed by atoms with Crippen molar-refractivity contribution in [3.05, 3.63) is 28.8 Å². The highest BCUT2D eigenvalue weighted by atomic mass is 32.2. The number of hydrogen-bond donors (Lipinski definition) is 3. The van der Waals surface area contributed by atoms with Crippen LogP contribution in [0.3, 0.4) is 0 Å². The fourth-order valence-electron chi connectivity index (χ4n) is 4.76. The molecule has 1 aliphatic heterocycles. The molecule has 1 heterocycles. The van der Waals surface area contributed by atoms with Crippen LogP contribution >= 0.6 is 0 Å². The third kappa shape index (κ3) is 4.92. The van der Waals surface area contributed by atoms with Crippen molar-refractivity contribution < 1.29 is 26.7 Å². The molecule has 0 aliphatic carbocycles. The highest BCUT2D eigenvalue weighted by Crippen LogP contribution is 2.43. The number of nitrogens with zero attached hydrogens (tertiary/aromatic N) is 1. The molecule has 0 spiro atoms. The Labute approximate surface area is 194 Å². The maximum absolute atomic E-state index is 13.1. The van der Waals surface area contributed by atoms with E-state index in [4.69, 9.17) is 10.9 Å². The van der Waals surface area contributed by atoms with Crippen LogP contribution in [-0.2, 0) is 37.7 Å². The number of aliphatic hydroxyl groups is 1. The monoisotopic (exact) mass is 497 g/mol. The zero-order valence-corrected chi connectivity index (χ0v) is 20.3. The van der Waals surface area contributed by atoms with E-state index < -0.39 is 26.5 Å². The number of aldehydes is 1. The summed E-state index contributed by atoms with van der Waals surface area (Å²) in [5.74, 6) is -0.0566. The standard InChI is InChI=1S/C22H31N3O6S2/c1-15-19(32(28,29)13-5-2-9-23)7-6-16-18(14-27)22(33(24,30)31)17(8-12-26)21(20(15)16)25-10-3-4-11-25/h6-7,12,27H,2-5,8-11,13-14,23H2,1H3,(H2,24,30,31). The second kappa shape index (κ2) is 10.1. The summed E-state index contributed by atoms with van der Waals surface area (Å²) in [4.78, 5) is 13.5. The number of unbranched alkanes of at least 4 members (excludes halogenated alkanes) is 1. The van der Waals surface area contributed by atoms with E-state index >= 15 is 0 Å². The van der Waals surface area contributed by atoms with Crippen molar-refractivity contribution in [2.75, 3.05) is 30.3 Å². The molecule has 2 aromatic carbocycles. The van der Waals surface area contributed by atoms with E-state index in [0.717, 1.165) is 12.8 Å². The van der Waals surface area contributed by atoms with E-state index in [2.05, 4.69) is 0 Å². The Morgan fingerprint density at radius 2 is 1.76 bits per heavy atom. The molecule has 1 saturated heterocycles. The number of benzene rings is 2. The summed E-state index contributed by atoms with van der Waals surface area (Å²) in [6.45, 7) is 2.72. The van der Waals surface area contributed by atoms with Gasteiger partial charge in [-0.05, 0) is 56.2 Å². The largest absolute Gasteiger partial charge is 0.392 e. The van der Waals surface area contributed by atoms with Crippen LogP contribution in [0.1, 0.15) is 42.4 Å². The minimum absolute atomic E-state index is 0.0566. The fraction of sp³-hybridized carbons (Fsp3) is 0.500. The molecule has 2 aromatic rings. The first-order valence-corrected chi connectivity index (χ1v) is 14.1. The molecule has 0 atom stereocenters. The van der Waals surface area contributed by atoms with E-state index in [-0.39, 0.29) is 33.1 Å². The summed E-state index contributed by atoms with van der Waals surface area (Å²) >= 11 is 0. The van der Waals surface area contributed by atoms with E-state index in [1.54, 1.807) is 6.92 Å². The Hall–Kier alpha value is -2.05. The van der Waals surface area contributed by atoms with Crippen molar-refractivity contribution in [2.45, 2.75) is 55.4 Å². The number of carbonyl (C=O) groups is 1. The second-order valence-corrected chi connectivity index (χ2v) is 11.9. The summed E-state index contributed by atoms with van der Waals surface area (Å²) in [5.41, 5.74) is 6.75. The van der Waals surface area contributed by atoms with Crippen LogP contribution < -0.4 is 15.8 Å². The maximum Gasteiger partial charge on any atom is 0.238 e. The Morgan fingerprint density at radius 3 is 2.30 bits per heavy atom. The van der Waals surface area contributed by atoms with Gasteiger partial charge < -0.3 is 20.5 Å². The van der Waals surface area contributed by atoms with Crippen LogP contribution in [0.15, 0.2) is 21.9 Å². The molecule has 1 aliphatic rings. The van der Waals surface area contributed by atoms with Crippen LogP contribution in [0.2, 0.25) is 0 Å². The van der Waals surface area contributed by atoms with Crippen LogP contribution in [0.25, 0.3) is 10.8 Å². The second-order valence-electron chi connectivity index (χ2n) is 8.33. The number of hydrogen-bond acceptors (Lipinski definition) is 8. The highest BCUT2D eigenvalue weighted by molar-refractivity contribution is 7.91. The van der Waals surface area contributed by atoms with Crippen LogP contribution in [0.4, 0.5) is 5.69 Å². The average Bonchev–Trinajstić information content (AvgIpc) is 3.27. The zero-order chi connectivity index (χ0) is 24.4. The topological polar surface area (TPSA) is 161 Å². The lowest BCUT2D eigenvalue weighted by atomic mass is 9.93. The molecular weight excluding hydrogens is 466 g/mol. The Bertz CT molecular complexity index is 1270. The molecule has 11 heteroatoms. The molecule has 0 saturated carbocycles. The smallest absolute Gasteiger partial charge is 0.238 e. The van der Waals surface area contributed by atoms with Crippen molar-refractivity contribution >= 4 is 42.6 Å². The molecule has 3 rings (SSSR count). The molecular formula is C22H31N3O6S2. The van der Waals surface area contributed by atoms with Crippen molar-refractivity contribution in [2.24, 2.45) is 10.9 Å². The Morgan fingerprint density at radius 1 is 1.09 bits per heavy atom. The number of sulfonamides is 1. The van der Waals surface area contributed by atoms with Gasteiger partial charge in [0.25, 0.3) is 0 Å². The number of primary sulfonamides is 1. The van der Waals surface area contributed by atoms with Gasteiger partial charge in [-0.15, -0.1) is 0 Å². The average molecular weight is 498 g/mol. The van der Waals surface area contributed by atoms with Crippen molar-refractivity contribution in [3.8, 4) is 0 Å². The zero-order valence-electron chi connectivity index (χ0n) is 18.7. The molecule has 0 amide bonds. The Balaban J connectivity index is 2.47. The fourth-order valence-corrected chi connectivity index (χ4v) is 7.45. The summed E-state index contributed by atoms with van der Waals surface area (Å²) in [6, 6.07) is 2.98. The molecule has 182 valence electrons. The van der Waals surface area contributed by atoms with Gasteiger partial charge in [-0.2, -0.15) is 0 Å². The minimum atomic E-state index is -4.28. The summed E-state index contributed by atoms with van der Waals surface area (Å²) in [5, 5.41) is 16.6. The SMILES string of the molecule is Cc1c(S(=O)(=O)CCCCN)ccc2c(CO)c(S(N)(=O)=O)c(CC=O)c(N3CCCC3)c12. The minimum Gasteiger partial charge on any atom is -0.392 e. The van der Waals surface area contributed by atoms with Crippen LogP contribution in [-0.4, -0.2) is 53.6 Å². The van der Waals surface area contributed by atoms with Crippen molar-refractivity contribution in [1.29, 1.82) is 0 Å². The van der Waals surface area contributed by atoms with Gasteiger partial charge in [-0.1, -0.05) is 6.07 Å². The molecule has 9 nitrogen and oxygen atoms in total. The van der Waals surface area contributed by atoms with Gasteiger partial charge in [-0.3, -0.25) is 0 Å². The normalized spacial score (nSPS) is 14.8. The summed E-state index contributed by atoms with van der Waals surface area (Å²) in [6.07, 6.45) is 3.14. The highest BCUT2D eigenvalue weighted by Gasteiger charge is 2.31. The third-order valence-corrected chi connectivity index (χ3v) is 9.17. The van der Waals surface area contributed by atoms with E-state index in [9.17, 15) is 26.7 Å². The first-order valence-electron chi connectivity index (χ1n) is 10.9. The summed E-state index contributed by atoms with van der Waals surface area (Å²) < 4.78 is 51.4. The quantitative estimate of drug-likeness (QED) is 0.325. The third-order valence-electron chi connectivity index (χ3n) is 6.17. The lowest BCUT2D eigenvalue weighted by Crippen LogP contribution is -2.25. The number of carbonyl (C=O) groups excluding carboxylic acids is 1. The molecule has 33 heavy (non-hydrogen) atoms. The van der Waals surface area contributed by atoms with Crippen molar-refractivity contribution in [3.63, 3.8) is 0 Å². The van der Waals surface area contributed by atoms with Gasteiger partial charge in [0.15, 0.2) is 9.84 Å². The predicted octanol–water partition coefficient (Wildman–Crippen LogP) is 1.14. The lowest BCUT2D eigenvalue weighted by Gasteiger charge is -2.28. The number of sulfone groups is 1. The molecule has 0 radical (unpaired) electrons. The van der Waals surface area contributed by atoms with Crippen LogP contribution in [0.5, 0.6) is 0 Å². The summed E-state index contributed by atoms with van der Waals surface area (Å²) in [7, 11) is -7.91. The van der Waals surface area contributed by atoms with Gasteiger partial charge >= 0.3 is 0 Å². The lowest BCUT2D eigenvalue weighted by molar-refractivity contribution is -0.107. The van der Waals surface area contributed by atoms with E-state index in [0.29, 0.717) is 60.8 Å². The van der Waals surface area contributed by atoms with Gasteiger partial charge in [0, 0.05) is 41.7 Å². The number of fused-ring (bicyclic) bond motifs is 1. The first kappa shape index (κ1) is 25.6.